The van der Waals surface area contributed by atoms with Gasteiger partial charge in [0.15, 0.2) is 6.61 Å². The van der Waals surface area contributed by atoms with Crippen molar-refractivity contribution < 1.29 is 9.53 Å². The van der Waals surface area contributed by atoms with Crippen molar-refractivity contribution in [1.82, 2.24) is 15.5 Å². The average molecular weight is 392 g/mol. The van der Waals surface area contributed by atoms with Gasteiger partial charge in [-0.1, -0.05) is 61.2 Å². The predicted molar refractivity (Wildman–Crippen MR) is 117 cm³/mol. The Morgan fingerprint density at radius 3 is 2.86 bits per heavy atom. The number of rotatable bonds is 9. The fourth-order valence-electron chi connectivity index (χ4n) is 3.40. The summed E-state index contributed by atoms with van der Waals surface area (Å²) in [4.78, 5) is 14.4. The van der Waals surface area contributed by atoms with E-state index in [1.807, 2.05) is 37.3 Å². The fraction of sp³-hybridized carbons (Fsp3) is 0.292. The minimum absolute atomic E-state index is 0.00572. The summed E-state index contributed by atoms with van der Waals surface area (Å²) >= 11 is 0. The molecule has 0 bridgehead atoms. The number of hydrogen-bond acceptors (Lipinski definition) is 4. The summed E-state index contributed by atoms with van der Waals surface area (Å²) < 4.78 is 5.70. The van der Waals surface area contributed by atoms with E-state index in [4.69, 9.17) is 4.74 Å². The summed E-state index contributed by atoms with van der Waals surface area (Å²) in [6.45, 7) is 8.78. The topological polar surface area (TPSA) is 53.6 Å². The summed E-state index contributed by atoms with van der Waals surface area (Å²) in [5.74, 6) is 0.569. The van der Waals surface area contributed by atoms with Crippen LogP contribution in [0.4, 0.5) is 0 Å². The molecule has 0 saturated carbocycles. The van der Waals surface area contributed by atoms with E-state index in [1.54, 1.807) is 6.08 Å². The molecule has 0 aromatic heterocycles. The number of carbonyl (C=O) groups is 1. The number of nitrogens with zero attached hydrogens (tertiary/aromatic N) is 1. The monoisotopic (exact) mass is 391 g/mol. The van der Waals surface area contributed by atoms with Crippen LogP contribution in [0.5, 0.6) is 5.75 Å². The van der Waals surface area contributed by atoms with Crippen LogP contribution < -0.4 is 15.4 Å². The van der Waals surface area contributed by atoms with Gasteiger partial charge in [0.25, 0.3) is 5.91 Å². The molecule has 5 nitrogen and oxygen atoms in total. The molecule has 0 saturated heterocycles. The largest absolute Gasteiger partial charge is 0.483 e. The molecule has 0 unspecified atom stereocenters. The lowest BCUT2D eigenvalue weighted by atomic mass is 10.0. The molecular formula is C24H29N3O2. The molecule has 1 aliphatic heterocycles. The summed E-state index contributed by atoms with van der Waals surface area (Å²) in [6.07, 6.45) is 6.65. The Labute approximate surface area is 173 Å². The van der Waals surface area contributed by atoms with Crippen molar-refractivity contribution in [3.63, 3.8) is 0 Å². The van der Waals surface area contributed by atoms with Crippen LogP contribution in [0.3, 0.4) is 0 Å². The molecular weight excluding hydrogens is 362 g/mol. The molecule has 1 aliphatic rings. The highest BCUT2D eigenvalue weighted by Crippen LogP contribution is 2.22. The van der Waals surface area contributed by atoms with E-state index in [0.717, 1.165) is 37.3 Å². The molecule has 2 N–H and O–H groups in total. The molecule has 2 aromatic carbocycles. The van der Waals surface area contributed by atoms with E-state index in [1.165, 1.54) is 11.1 Å². The molecule has 29 heavy (non-hydrogen) atoms. The Kier molecular flexibility index (Phi) is 7.61. The van der Waals surface area contributed by atoms with Gasteiger partial charge in [0, 0.05) is 19.8 Å². The van der Waals surface area contributed by atoms with Crippen LogP contribution in [0.25, 0.3) is 6.08 Å². The molecule has 3 rings (SSSR count). The lowest BCUT2D eigenvalue weighted by Gasteiger charge is -2.28. The van der Waals surface area contributed by atoms with E-state index in [9.17, 15) is 4.79 Å². The zero-order chi connectivity index (χ0) is 20.5. The summed E-state index contributed by atoms with van der Waals surface area (Å²) in [6, 6.07) is 14.4. The maximum atomic E-state index is 12.1. The van der Waals surface area contributed by atoms with Gasteiger partial charge in [-0.15, -0.1) is 0 Å². The summed E-state index contributed by atoms with van der Waals surface area (Å²) in [5, 5.41) is 6.13. The number of carbonyl (C=O) groups excluding carboxylic acids is 1. The first-order chi connectivity index (χ1) is 14.2. The van der Waals surface area contributed by atoms with Crippen molar-refractivity contribution in [3.8, 4) is 5.75 Å². The highest BCUT2D eigenvalue weighted by atomic mass is 16.5. The maximum Gasteiger partial charge on any atom is 0.258 e. The zero-order valence-electron chi connectivity index (χ0n) is 17.0. The van der Waals surface area contributed by atoms with E-state index in [-0.39, 0.29) is 12.5 Å². The van der Waals surface area contributed by atoms with Gasteiger partial charge in [-0.05, 0) is 41.7 Å². The molecule has 1 amide bonds. The number of amides is 1. The number of benzene rings is 2. The van der Waals surface area contributed by atoms with Crippen LogP contribution in [0.2, 0.25) is 0 Å². The zero-order valence-corrected chi connectivity index (χ0v) is 17.0. The number of fused-ring (bicyclic) bond motifs is 1. The quantitative estimate of drug-likeness (QED) is 0.391. The minimum Gasteiger partial charge on any atom is -0.483 e. The molecule has 0 aliphatic carbocycles. The molecule has 2 aromatic rings. The molecule has 1 heterocycles. The smallest absolute Gasteiger partial charge is 0.258 e. The van der Waals surface area contributed by atoms with E-state index in [2.05, 4.69) is 46.4 Å². The SMILES string of the molecule is C=C/C=C\c1cccc(OCC(=O)NCNCN2CCc3ccccc3C2)c1C. The standard InChI is InChI=1S/C24H29N3O2/c1-3-4-8-20-11-7-12-23(19(20)2)29-16-24(28)26-17-25-18-27-14-13-21-9-5-6-10-22(21)15-27/h3-12,25H,1,13-18H2,2H3,(H,26,28)/b8-4-. The van der Waals surface area contributed by atoms with E-state index >= 15 is 0 Å². The highest BCUT2D eigenvalue weighted by molar-refractivity contribution is 5.77. The van der Waals surface area contributed by atoms with Gasteiger partial charge in [0.1, 0.15) is 5.75 Å². The van der Waals surface area contributed by atoms with Crippen molar-refractivity contribution in [2.45, 2.75) is 19.9 Å². The third kappa shape index (κ3) is 6.04. The predicted octanol–water partition coefficient (Wildman–Crippen LogP) is 3.25. The lowest BCUT2D eigenvalue weighted by Crippen LogP contribution is -2.43. The Balaban J connectivity index is 1.37. The van der Waals surface area contributed by atoms with Crippen molar-refractivity contribution >= 4 is 12.0 Å². The number of allylic oxidation sites excluding steroid dienone is 2. The van der Waals surface area contributed by atoms with Crippen LogP contribution >= 0.6 is 0 Å². The van der Waals surface area contributed by atoms with Crippen LogP contribution in [0.1, 0.15) is 22.3 Å². The molecule has 5 heteroatoms. The molecule has 0 radical (unpaired) electrons. The second-order valence-electron chi connectivity index (χ2n) is 7.11. The molecule has 152 valence electrons. The first-order valence-corrected chi connectivity index (χ1v) is 9.95. The molecule has 0 fully saturated rings. The lowest BCUT2D eigenvalue weighted by molar-refractivity contribution is -0.123. The Bertz CT molecular complexity index is 876. The van der Waals surface area contributed by atoms with Gasteiger partial charge < -0.3 is 10.1 Å². The maximum absolute atomic E-state index is 12.1. The van der Waals surface area contributed by atoms with E-state index in [0.29, 0.717) is 12.4 Å². The third-order valence-corrected chi connectivity index (χ3v) is 5.05. The molecule has 0 spiro atoms. The van der Waals surface area contributed by atoms with Gasteiger partial charge in [-0.25, -0.2) is 0 Å². The minimum atomic E-state index is -0.145. The number of hydrogen-bond donors (Lipinski definition) is 2. The van der Waals surface area contributed by atoms with Gasteiger partial charge in [-0.2, -0.15) is 0 Å². The van der Waals surface area contributed by atoms with Gasteiger partial charge in [0.05, 0.1) is 6.67 Å². The normalized spacial score (nSPS) is 13.8. The third-order valence-electron chi connectivity index (χ3n) is 5.05. The Morgan fingerprint density at radius 2 is 2.03 bits per heavy atom. The van der Waals surface area contributed by atoms with Gasteiger partial charge in [0.2, 0.25) is 0 Å². The average Bonchev–Trinajstić information content (AvgIpc) is 2.75. The van der Waals surface area contributed by atoms with Crippen LogP contribution in [-0.4, -0.2) is 37.3 Å². The van der Waals surface area contributed by atoms with Crippen molar-refractivity contribution in [3.05, 3.63) is 83.4 Å². The Hall–Kier alpha value is -2.89. The highest BCUT2D eigenvalue weighted by Gasteiger charge is 2.14. The second kappa shape index (κ2) is 10.6. The van der Waals surface area contributed by atoms with Crippen molar-refractivity contribution in [1.29, 1.82) is 0 Å². The van der Waals surface area contributed by atoms with E-state index < -0.39 is 0 Å². The van der Waals surface area contributed by atoms with Crippen LogP contribution in [0.15, 0.2) is 61.2 Å². The number of ether oxygens (including phenoxy) is 1. The Morgan fingerprint density at radius 1 is 1.21 bits per heavy atom. The van der Waals surface area contributed by atoms with Crippen LogP contribution in [-0.2, 0) is 17.8 Å². The van der Waals surface area contributed by atoms with Gasteiger partial charge >= 0.3 is 0 Å². The van der Waals surface area contributed by atoms with Gasteiger partial charge in [-0.3, -0.25) is 15.0 Å². The van der Waals surface area contributed by atoms with Crippen LogP contribution in [0, 0.1) is 6.92 Å². The first kappa shape index (κ1) is 20.8. The number of nitrogens with one attached hydrogen (secondary N) is 2. The van der Waals surface area contributed by atoms with Crippen molar-refractivity contribution in [2.24, 2.45) is 0 Å². The molecule has 0 atom stereocenters. The summed E-state index contributed by atoms with van der Waals surface area (Å²) in [7, 11) is 0. The van der Waals surface area contributed by atoms with Crippen molar-refractivity contribution in [2.75, 3.05) is 26.5 Å². The fourth-order valence-corrected chi connectivity index (χ4v) is 3.40. The summed E-state index contributed by atoms with van der Waals surface area (Å²) in [5.41, 5.74) is 4.88. The first-order valence-electron chi connectivity index (χ1n) is 9.95. The second-order valence-corrected chi connectivity index (χ2v) is 7.11.